The molecule has 2 N–H and O–H groups in total. The van der Waals surface area contributed by atoms with Gasteiger partial charge in [0.2, 0.25) is 5.89 Å². The Balaban J connectivity index is 1.73. The van der Waals surface area contributed by atoms with Crippen molar-refractivity contribution >= 4 is 0 Å². The van der Waals surface area contributed by atoms with Gasteiger partial charge in [-0.25, -0.2) is 0 Å². The highest BCUT2D eigenvalue weighted by molar-refractivity contribution is 5.35. The number of hydrogen-bond acceptors (Lipinski definition) is 5. The predicted molar refractivity (Wildman–Crippen MR) is 79.3 cm³/mol. The molecule has 21 heavy (non-hydrogen) atoms. The van der Waals surface area contributed by atoms with Crippen molar-refractivity contribution in [1.82, 2.24) is 10.1 Å². The van der Waals surface area contributed by atoms with E-state index in [9.17, 15) is 0 Å². The molecule has 1 fully saturated rings. The minimum absolute atomic E-state index is 0.258. The normalized spacial score (nSPS) is 22.2. The van der Waals surface area contributed by atoms with Gasteiger partial charge in [0.25, 0.3) is 0 Å². The second kappa shape index (κ2) is 6.26. The number of benzene rings is 1. The van der Waals surface area contributed by atoms with E-state index in [1.54, 1.807) is 7.11 Å². The van der Waals surface area contributed by atoms with Crippen molar-refractivity contribution in [3.8, 4) is 5.75 Å². The van der Waals surface area contributed by atoms with Crippen molar-refractivity contribution in [3.63, 3.8) is 0 Å². The molecule has 0 amide bonds. The van der Waals surface area contributed by atoms with Crippen molar-refractivity contribution in [2.24, 2.45) is 5.73 Å². The summed E-state index contributed by atoms with van der Waals surface area (Å²) in [4.78, 5) is 4.55. The Kier molecular flexibility index (Phi) is 4.20. The summed E-state index contributed by atoms with van der Waals surface area (Å²) < 4.78 is 10.8. The number of para-hydroxylation sites is 1. The number of methoxy groups -OCH3 is 1. The van der Waals surface area contributed by atoms with Crippen LogP contribution in [0.4, 0.5) is 0 Å². The molecule has 0 radical (unpaired) electrons. The molecule has 1 aromatic carbocycles. The van der Waals surface area contributed by atoms with Gasteiger partial charge in [-0.2, -0.15) is 4.98 Å². The van der Waals surface area contributed by atoms with E-state index in [0.29, 0.717) is 18.2 Å². The number of hydrogen-bond donors (Lipinski definition) is 1. The first-order chi connectivity index (χ1) is 10.3. The lowest BCUT2D eigenvalue weighted by molar-refractivity contribution is 0.297. The van der Waals surface area contributed by atoms with Crippen molar-refractivity contribution in [1.29, 1.82) is 0 Å². The van der Waals surface area contributed by atoms with Crippen LogP contribution in [0.15, 0.2) is 28.8 Å². The molecule has 1 saturated carbocycles. The summed E-state index contributed by atoms with van der Waals surface area (Å²) >= 11 is 0. The van der Waals surface area contributed by atoms with Crippen LogP contribution < -0.4 is 10.5 Å². The summed E-state index contributed by atoms with van der Waals surface area (Å²) in [6.45, 7) is 0. The molecule has 2 aromatic rings. The van der Waals surface area contributed by atoms with E-state index in [0.717, 1.165) is 42.9 Å². The lowest BCUT2D eigenvalue weighted by Crippen LogP contribution is -2.26. The van der Waals surface area contributed by atoms with Crippen molar-refractivity contribution in [2.75, 3.05) is 7.11 Å². The zero-order chi connectivity index (χ0) is 14.7. The van der Waals surface area contributed by atoms with Crippen LogP contribution in [0.5, 0.6) is 5.75 Å². The van der Waals surface area contributed by atoms with Gasteiger partial charge in [0, 0.05) is 23.9 Å². The largest absolute Gasteiger partial charge is 0.496 e. The molecule has 112 valence electrons. The van der Waals surface area contributed by atoms with E-state index in [1.165, 1.54) is 0 Å². The van der Waals surface area contributed by atoms with Gasteiger partial charge in [-0.05, 0) is 25.3 Å². The second-order valence-electron chi connectivity index (χ2n) is 5.66. The molecule has 0 aliphatic heterocycles. The monoisotopic (exact) mass is 287 g/mol. The van der Waals surface area contributed by atoms with Crippen LogP contribution in [0.1, 0.15) is 48.9 Å². The maximum Gasteiger partial charge on any atom is 0.229 e. The molecule has 5 nitrogen and oxygen atoms in total. The van der Waals surface area contributed by atoms with Crippen LogP contribution in [0.3, 0.4) is 0 Å². The first kappa shape index (κ1) is 14.1. The standard InChI is InChI=1S/C16H21N3O2/c1-20-14-8-3-2-5-11(14)10-15-18-16(21-19-15)12-6-4-7-13(17)9-12/h2-3,5,8,12-13H,4,6-7,9-10,17H2,1H3. The molecule has 0 saturated heterocycles. The fourth-order valence-electron chi connectivity index (χ4n) is 2.98. The topological polar surface area (TPSA) is 74.2 Å². The Bertz CT molecular complexity index is 597. The third kappa shape index (κ3) is 3.24. The fourth-order valence-corrected chi connectivity index (χ4v) is 2.98. The molecule has 3 rings (SSSR count). The summed E-state index contributed by atoms with van der Waals surface area (Å²) in [6.07, 6.45) is 4.88. The van der Waals surface area contributed by atoms with Crippen molar-refractivity contribution < 1.29 is 9.26 Å². The van der Waals surface area contributed by atoms with Crippen LogP contribution in [0.2, 0.25) is 0 Å². The van der Waals surface area contributed by atoms with Gasteiger partial charge in [-0.3, -0.25) is 0 Å². The molecule has 2 atom stereocenters. The van der Waals surface area contributed by atoms with E-state index in [-0.39, 0.29) is 6.04 Å². The van der Waals surface area contributed by atoms with Crippen LogP contribution in [0, 0.1) is 0 Å². The van der Waals surface area contributed by atoms with E-state index < -0.39 is 0 Å². The highest BCUT2D eigenvalue weighted by Crippen LogP contribution is 2.31. The van der Waals surface area contributed by atoms with E-state index in [2.05, 4.69) is 10.1 Å². The second-order valence-corrected chi connectivity index (χ2v) is 5.66. The smallest absolute Gasteiger partial charge is 0.229 e. The first-order valence-electron chi connectivity index (χ1n) is 7.46. The minimum Gasteiger partial charge on any atom is -0.496 e. The molecule has 1 aromatic heterocycles. The van der Waals surface area contributed by atoms with Crippen LogP contribution in [-0.4, -0.2) is 23.3 Å². The summed E-state index contributed by atoms with van der Waals surface area (Å²) in [6, 6.07) is 8.15. The number of nitrogens with two attached hydrogens (primary N) is 1. The molecule has 0 spiro atoms. The van der Waals surface area contributed by atoms with Gasteiger partial charge < -0.3 is 15.0 Å². The van der Waals surface area contributed by atoms with E-state index in [1.807, 2.05) is 24.3 Å². The van der Waals surface area contributed by atoms with Gasteiger partial charge in [-0.1, -0.05) is 29.8 Å². The maximum atomic E-state index is 6.02. The molecule has 1 aliphatic rings. The van der Waals surface area contributed by atoms with Gasteiger partial charge in [0.05, 0.1) is 7.11 Å². The molecular weight excluding hydrogens is 266 g/mol. The van der Waals surface area contributed by atoms with Gasteiger partial charge in [0.1, 0.15) is 5.75 Å². The third-order valence-corrected chi connectivity index (χ3v) is 4.09. The Morgan fingerprint density at radius 2 is 2.19 bits per heavy atom. The average Bonchev–Trinajstić information content (AvgIpc) is 2.96. The van der Waals surface area contributed by atoms with Crippen LogP contribution in [0.25, 0.3) is 0 Å². The van der Waals surface area contributed by atoms with Crippen LogP contribution in [-0.2, 0) is 6.42 Å². The lowest BCUT2D eigenvalue weighted by atomic mass is 9.86. The molecule has 2 unspecified atom stereocenters. The number of aromatic nitrogens is 2. The number of nitrogens with zero attached hydrogens (tertiary/aromatic N) is 2. The Morgan fingerprint density at radius 1 is 1.33 bits per heavy atom. The zero-order valence-corrected chi connectivity index (χ0v) is 12.3. The summed E-state index contributed by atoms with van der Waals surface area (Å²) in [5, 5.41) is 4.10. The zero-order valence-electron chi connectivity index (χ0n) is 12.3. The molecule has 0 bridgehead atoms. The Labute approximate surface area is 124 Å². The lowest BCUT2D eigenvalue weighted by Gasteiger charge is -2.23. The first-order valence-corrected chi connectivity index (χ1v) is 7.46. The highest BCUT2D eigenvalue weighted by atomic mass is 16.5. The van der Waals surface area contributed by atoms with Gasteiger partial charge >= 0.3 is 0 Å². The van der Waals surface area contributed by atoms with Crippen molar-refractivity contribution in [3.05, 3.63) is 41.5 Å². The maximum absolute atomic E-state index is 6.02. The minimum atomic E-state index is 0.258. The molecule has 1 aliphatic carbocycles. The number of ether oxygens (including phenoxy) is 1. The summed E-state index contributed by atoms with van der Waals surface area (Å²) in [5.74, 6) is 2.60. The molecule has 1 heterocycles. The van der Waals surface area contributed by atoms with Gasteiger partial charge in [-0.15, -0.1) is 0 Å². The molecular formula is C16H21N3O2. The summed E-state index contributed by atoms with van der Waals surface area (Å²) in [7, 11) is 1.67. The van der Waals surface area contributed by atoms with E-state index >= 15 is 0 Å². The van der Waals surface area contributed by atoms with E-state index in [4.69, 9.17) is 15.0 Å². The quantitative estimate of drug-likeness (QED) is 0.935. The van der Waals surface area contributed by atoms with Gasteiger partial charge in [0.15, 0.2) is 5.82 Å². The average molecular weight is 287 g/mol. The number of rotatable bonds is 4. The Morgan fingerprint density at radius 3 is 3.00 bits per heavy atom. The predicted octanol–water partition coefficient (Wildman–Crippen LogP) is 2.65. The van der Waals surface area contributed by atoms with Crippen LogP contribution >= 0.6 is 0 Å². The fraction of sp³-hybridized carbons (Fsp3) is 0.500. The third-order valence-electron chi connectivity index (χ3n) is 4.09. The highest BCUT2D eigenvalue weighted by Gasteiger charge is 2.25. The van der Waals surface area contributed by atoms with Crippen molar-refractivity contribution in [2.45, 2.75) is 44.1 Å². The Hall–Kier alpha value is -1.88. The SMILES string of the molecule is COc1ccccc1Cc1noc(C2CCCC(N)C2)n1. The molecule has 5 heteroatoms. The summed E-state index contributed by atoms with van der Waals surface area (Å²) in [5.41, 5.74) is 7.09.